The summed E-state index contributed by atoms with van der Waals surface area (Å²) < 4.78 is 0. The topological polar surface area (TPSA) is 49.4 Å². The number of aryl methyl sites for hydroxylation is 1. The van der Waals surface area contributed by atoms with Gasteiger partial charge in [0.1, 0.15) is 6.04 Å². The van der Waals surface area contributed by atoms with Crippen LogP contribution in [0.5, 0.6) is 0 Å². The zero-order valence-corrected chi connectivity index (χ0v) is 19.7. The lowest BCUT2D eigenvalue weighted by atomic mass is 10.1. The number of amides is 2. The third kappa shape index (κ3) is 6.90. The smallest absolute Gasteiger partial charge is 0.242 e. The number of hydrogen-bond donors (Lipinski definition) is 1. The molecule has 2 aromatic rings. The molecule has 2 amide bonds. The van der Waals surface area contributed by atoms with E-state index in [9.17, 15) is 9.59 Å². The lowest BCUT2D eigenvalue weighted by Crippen LogP contribution is -2.49. The first-order chi connectivity index (χ1) is 14.2. The van der Waals surface area contributed by atoms with Gasteiger partial charge in [0.15, 0.2) is 0 Å². The minimum Gasteiger partial charge on any atom is -0.352 e. The van der Waals surface area contributed by atoms with Gasteiger partial charge in [-0.3, -0.25) is 9.59 Å². The molecular formula is C23H27Cl3N2O2. The van der Waals surface area contributed by atoms with Crippen molar-refractivity contribution < 1.29 is 9.59 Å². The van der Waals surface area contributed by atoms with Gasteiger partial charge in [-0.05, 0) is 56.0 Å². The molecule has 0 saturated carbocycles. The van der Waals surface area contributed by atoms with E-state index in [0.29, 0.717) is 21.5 Å². The van der Waals surface area contributed by atoms with E-state index in [1.54, 1.807) is 36.1 Å². The van der Waals surface area contributed by atoms with Crippen LogP contribution in [0.25, 0.3) is 0 Å². The van der Waals surface area contributed by atoms with E-state index in [-0.39, 0.29) is 30.8 Å². The first-order valence-electron chi connectivity index (χ1n) is 10.00. The maximum atomic E-state index is 13.1. The maximum Gasteiger partial charge on any atom is 0.242 e. The van der Waals surface area contributed by atoms with E-state index in [4.69, 9.17) is 34.8 Å². The molecule has 0 bridgehead atoms. The Kier molecular flexibility index (Phi) is 9.47. The van der Waals surface area contributed by atoms with Crippen LogP contribution in [0.15, 0.2) is 42.5 Å². The van der Waals surface area contributed by atoms with Crippen molar-refractivity contribution in [2.45, 2.75) is 58.7 Å². The molecule has 30 heavy (non-hydrogen) atoms. The Morgan fingerprint density at radius 3 is 2.33 bits per heavy atom. The third-order valence-electron chi connectivity index (χ3n) is 5.09. The average molecular weight is 470 g/mol. The Balaban J connectivity index is 2.21. The van der Waals surface area contributed by atoms with E-state index in [1.807, 2.05) is 32.0 Å². The van der Waals surface area contributed by atoms with Crippen LogP contribution < -0.4 is 5.32 Å². The maximum absolute atomic E-state index is 13.1. The van der Waals surface area contributed by atoms with Gasteiger partial charge in [-0.2, -0.15) is 0 Å². The molecule has 0 aliphatic rings. The minimum atomic E-state index is -0.649. The van der Waals surface area contributed by atoms with Crippen LogP contribution in [0.4, 0.5) is 0 Å². The first-order valence-corrected chi connectivity index (χ1v) is 11.1. The average Bonchev–Trinajstić information content (AvgIpc) is 2.71. The van der Waals surface area contributed by atoms with Gasteiger partial charge in [-0.15, -0.1) is 0 Å². The van der Waals surface area contributed by atoms with Crippen LogP contribution in [0.1, 0.15) is 44.7 Å². The quantitative estimate of drug-likeness (QED) is 0.496. The predicted molar refractivity (Wildman–Crippen MR) is 124 cm³/mol. The number of halogens is 3. The number of nitrogens with zero attached hydrogens (tertiary/aromatic N) is 1. The summed E-state index contributed by atoms with van der Waals surface area (Å²) in [5, 5.41) is 4.55. The highest BCUT2D eigenvalue weighted by Crippen LogP contribution is 2.24. The summed E-state index contributed by atoms with van der Waals surface area (Å²) in [5.41, 5.74) is 1.63. The standard InChI is InChI=1S/C23H27Cl3N2O2/c1-4-15(2)27-23(30)16(3)28(14-18-9-11-19(24)13-21(18)26)22(29)12-10-17-7-5-6-8-20(17)25/h5-9,11,13,15-16H,4,10,12,14H2,1-3H3,(H,27,30)/t15-,16-/m1/s1. The molecule has 2 rings (SSSR count). The molecule has 7 heteroatoms. The number of hydrogen-bond acceptors (Lipinski definition) is 2. The van der Waals surface area contributed by atoms with Crippen LogP contribution >= 0.6 is 34.8 Å². The molecule has 4 nitrogen and oxygen atoms in total. The lowest BCUT2D eigenvalue weighted by Gasteiger charge is -2.30. The highest BCUT2D eigenvalue weighted by Gasteiger charge is 2.27. The predicted octanol–water partition coefficient (Wildman–Crippen LogP) is 5.91. The van der Waals surface area contributed by atoms with Crippen molar-refractivity contribution in [1.29, 1.82) is 0 Å². The van der Waals surface area contributed by atoms with Crippen molar-refractivity contribution in [1.82, 2.24) is 10.2 Å². The molecule has 0 fully saturated rings. The Morgan fingerprint density at radius 2 is 1.70 bits per heavy atom. The molecule has 0 radical (unpaired) electrons. The summed E-state index contributed by atoms with van der Waals surface area (Å²) in [7, 11) is 0. The highest BCUT2D eigenvalue weighted by molar-refractivity contribution is 6.35. The van der Waals surface area contributed by atoms with Crippen LogP contribution in [0.3, 0.4) is 0 Å². The minimum absolute atomic E-state index is 0.0270. The van der Waals surface area contributed by atoms with Crippen molar-refractivity contribution in [3.05, 3.63) is 68.7 Å². The molecule has 0 saturated heterocycles. The van der Waals surface area contributed by atoms with Gasteiger partial charge in [0.25, 0.3) is 0 Å². The van der Waals surface area contributed by atoms with Crippen molar-refractivity contribution in [2.24, 2.45) is 0 Å². The fourth-order valence-corrected chi connectivity index (χ4v) is 3.67. The SMILES string of the molecule is CC[C@@H](C)NC(=O)[C@@H](C)N(Cc1ccc(Cl)cc1Cl)C(=O)CCc1ccccc1Cl. The summed E-state index contributed by atoms with van der Waals surface area (Å²) in [5.74, 6) is -0.340. The Morgan fingerprint density at radius 1 is 1.00 bits per heavy atom. The Labute approximate surface area is 193 Å². The number of carbonyl (C=O) groups excluding carboxylic acids is 2. The van der Waals surface area contributed by atoms with Gasteiger partial charge in [-0.1, -0.05) is 66.0 Å². The summed E-state index contributed by atoms with van der Waals surface area (Å²) in [6, 6.07) is 11.9. The second-order valence-electron chi connectivity index (χ2n) is 7.34. The van der Waals surface area contributed by atoms with Gasteiger partial charge >= 0.3 is 0 Å². The van der Waals surface area contributed by atoms with Gasteiger partial charge in [0.05, 0.1) is 0 Å². The van der Waals surface area contributed by atoms with Crippen LogP contribution in [-0.2, 0) is 22.6 Å². The monoisotopic (exact) mass is 468 g/mol. The van der Waals surface area contributed by atoms with E-state index in [0.717, 1.165) is 17.5 Å². The second kappa shape index (κ2) is 11.6. The largest absolute Gasteiger partial charge is 0.352 e. The molecule has 0 spiro atoms. The zero-order chi connectivity index (χ0) is 22.3. The molecular weight excluding hydrogens is 443 g/mol. The van der Waals surface area contributed by atoms with Crippen LogP contribution in [-0.4, -0.2) is 28.8 Å². The fourth-order valence-electron chi connectivity index (χ4n) is 2.97. The summed E-state index contributed by atoms with van der Waals surface area (Å²) in [6.07, 6.45) is 1.53. The Bertz CT molecular complexity index is 889. The molecule has 2 aromatic carbocycles. The molecule has 0 heterocycles. The van der Waals surface area contributed by atoms with Crippen molar-refractivity contribution in [3.63, 3.8) is 0 Å². The van der Waals surface area contributed by atoms with E-state index >= 15 is 0 Å². The van der Waals surface area contributed by atoms with Gasteiger partial charge in [0, 0.05) is 34.1 Å². The summed E-state index contributed by atoms with van der Waals surface area (Å²) in [4.78, 5) is 27.4. The van der Waals surface area contributed by atoms with Crippen molar-refractivity contribution in [2.75, 3.05) is 0 Å². The summed E-state index contributed by atoms with van der Waals surface area (Å²) in [6.45, 7) is 5.88. The molecule has 0 aromatic heterocycles. The number of benzene rings is 2. The molecule has 0 unspecified atom stereocenters. The highest BCUT2D eigenvalue weighted by atomic mass is 35.5. The van der Waals surface area contributed by atoms with Crippen molar-refractivity contribution >= 4 is 46.6 Å². The van der Waals surface area contributed by atoms with Crippen molar-refractivity contribution in [3.8, 4) is 0 Å². The number of nitrogens with one attached hydrogen (secondary N) is 1. The fraction of sp³-hybridized carbons (Fsp3) is 0.391. The van der Waals surface area contributed by atoms with Gasteiger partial charge in [-0.25, -0.2) is 0 Å². The van der Waals surface area contributed by atoms with Gasteiger partial charge in [0.2, 0.25) is 11.8 Å². The first kappa shape index (κ1) is 24.5. The van der Waals surface area contributed by atoms with E-state index < -0.39 is 6.04 Å². The normalized spacial score (nSPS) is 12.9. The lowest BCUT2D eigenvalue weighted by molar-refractivity contribution is -0.140. The molecule has 2 atom stereocenters. The van der Waals surface area contributed by atoms with Crippen LogP contribution in [0, 0.1) is 0 Å². The summed E-state index contributed by atoms with van der Waals surface area (Å²) >= 11 is 18.5. The molecule has 1 N–H and O–H groups in total. The van der Waals surface area contributed by atoms with E-state index in [2.05, 4.69) is 5.32 Å². The van der Waals surface area contributed by atoms with Gasteiger partial charge < -0.3 is 10.2 Å². The van der Waals surface area contributed by atoms with E-state index in [1.165, 1.54) is 0 Å². The van der Waals surface area contributed by atoms with Crippen LogP contribution in [0.2, 0.25) is 15.1 Å². The number of carbonyl (C=O) groups is 2. The number of rotatable bonds is 9. The Hall–Kier alpha value is -1.75. The second-order valence-corrected chi connectivity index (χ2v) is 8.59. The molecule has 0 aliphatic carbocycles. The third-order valence-corrected chi connectivity index (χ3v) is 6.05. The molecule has 162 valence electrons. The zero-order valence-electron chi connectivity index (χ0n) is 17.4. The molecule has 0 aliphatic heterocycles.